The van der Waals surface area contributed by atoms with E-state index in [-0.39, 0.29) is 12.2 Å². The Morgan fingerprint density at radius 2 is 2.00 bits per heavy atom. The first-order valence-corrected chi connectivity index (χ1v) is 10.1. The van der Waals surface area contributed by atoms with E-state index in [1.807, 2.05) is 6.92 Å². The van der Waals surface area contributed by atoms with E-state index < -0.39 is 23.8 Å². The van der Waals surface area contributed by atoms with Crippen molar-refractivity contribution >= 4 is 45.8 Å². The van der Waals surface area contributed by atoms with Crippen molar-refractivity contribution in [2.24, 2.45) is 0 Å². The summed E-state index contributed by atoms with van der Waals surface area (Å²) in [6, 6.07) is 5.10. The smallest absolute Gasteiger partial charge is 0.341 e. The van der Waals surface area contributed by atoms with Crippen LogP contribution in [-0.2, 0) is 25.5 Å². The molecule has 1 aliphatic carbocycles. The third-order valence-electron chi connectivity index (χ3n) is 4.65. The van der Waals surface area contributed by atoms with E-state index in [0.717, 1.165) is 10.4 Å². The van der Waals surface area contributed by atoms with E-state index in [4.69, 9.17) is 25.8 Å². The molecule has 3 rings (SSSR count). The van der Waals surface area contributed by atoms with Gasteiger partial charge in [0.15, 0.2) is 6.61 Å². The number of carbonyl (C=O) groups is 3. The molecule has 0 bridgehead atoms. The molecule has 7 nitrogen and oxygen atoms in total. The molecule has 0 spiro atoms. The van der Waals surface area contributed by atoms with Gasteiger partial charge in [-0.25, -0.2) is 4.79 Å². The van der Waals surface area contributed by atoms with Crippen molar-refractivity contribution in [2.45, 2.75) is 25.7 Å². The third kappa shape index (κ3) is 4.38. The van der Waals surface area contributed by atoms with E-state index in [0.29, 0.717) is 34.2 Å². The Morgan fingerprint density at radius 1 is 1.24 bits per heavy atom. The zero-order chi connectivity index (χ0) is 21.1. The van der Waals surface area contributed by atoms with E-state index in [1.54, 1.807) is 18.2 Å². The highest BCUT2D eigenvalue weighted by atomic mass is 35.5. The average molecular weight is 438 g/mol. The maximum atomic E-state index is 12.4. The number of ether oxygens (including phenoxy) is 3. The molecule has 0 radical (unpaired) electrons. The quantitative estimate of drug-likeness (QED) is 0.692. The van der Waals surface area contributed by atoms with Crippen molar-refractivity contribution in [3.63, 3.8) is 0 Å². The second-order valence-electron chi connectivity index (χ2n) is 6.50. The molecule has 1 aromatic heterocycles. The number of anilines is 1. The highest BCUT2D eigenvalue weighted by molar-refractivity contribution is 7.17. The lowest BCUT2D eigenvalue weighted by Gasteiger charge is -2.12. The molecule has 9 heteroatoms. The molecule has 1 aromatic carbocycles. The van der Waals surface area contributed by atoms with Gasteiger partial charge >= 0.3 is 11.9 Å². The van der Waals surface area contributed by atoms with Crippen LogP contribution in [0.3, 0.4) is 0 Å². The van der Waals surface area contributed by atoms with Crippen LogP contribution in [0.4, 0.5) is 5.00 Å². The number of amides is 1. The standard InChI is InChI=1S/C20H20ClNO6S/c1-10-8-11(21)4-6-13(10)28-9-15(23)22-18-17(20(25)27-3)16-12(19(24)26-2)5-7-14(16)29-18/h4,6,8,12H,5,7,9H2,1-3H3,(H,22,23)/t12-/m0/s1. The Morgan fingerprint density at radius 3 is 2.66 bits per heavy atom. The summed E-state index contributed by atoms with van der Waals surface area (Å²) in [4.78, 5) is 37.8. The van der Waals surface area contributed by atoms with Crippen molar-refractivity contribution in [1.82, 2.24) is 0 Å². The Kier molecular flexibility index (Phi) is 6.44. The number of hydrogen-bond acceptors (Lipinski definition) is 7. The normalized spacial score (nSPS) is 14.8. The predicted molar refractivity (Wildman–Crippen MR) is 109 cm³/mol. The van der Waals surface area contributed by atoms with Gasteiger partial charge in [-0.3, -0.25) is 9.59 Å². The number of rotatable bonds is 6. The molecule has 154 valence electrons. The molecule has 0 unspecified atom stereocenters. The zero-order valence-corrected chi connectivity index (χ0v) is 17.7. The number of esters is 2. The van der Waals surface area contributed by atoms with Crippen molar-refractivity contribution in [1.29, 1.82) is 0 Å². The maximum absolute atomic E-state index is 12.4. The minimum atomic E-state index is -0.608. The van der Waals surface area contributed by atoms with Crippen LogP contribution in [0.5, 0.6) is 5.75 Å². The van der Waals surface area contributed by atoms with E-state index in [2.05, 4.69) is 5.32 Å². The number of fused-ring (bicyclic) bond motifs is 1. The van der Waals surface area contributed by atoms with Gasteiger partial charge in [0, 0.05) is 9.90 Å². The molecular formula is C20H20ClNO6S. The average Bonchev–Trinajstić information content (AvgIpc) is 3.24. The second kappa shape index (κ2) is 8.84. The highest BCUT2D eigenvalue weighted by Gasteiger charge is 2.38. The minimum Gasteiger partial charge on any atom is -0.483 e. The lowest BCUT2D eigenvalue weighted by Crippen LogP contribution is -2.22. The fourth-order valence-electron chi connectivity index (χ4n) is 3.32. The van der Waals surface area contributed by atoms with Crippen LogP contribution in [-0.4, -0.2) is 38.7 Å². The van der Waals surface area contributed by atoms with Gasteiger partial charge in [-0.2, -0.15) is 0 Å². The van der Waals surface area contributed by atoms with E-state index in [1.165, 1.54) is 25.6 Å². The van der Waals surface area contributed by atoms with Crippen LogP contribution in [0.2, 0.25) is 5.02 Å². The number of benzene rings is 1. The molecule has 0 saturated carbocycles. The summed E-state index contributed by atoms with van der Waals surface area (Å²) in [5, 5.41) is 3.63. The van der Waals surface area contributed by atoms with Crippen LogP contribution >= 0.6 is 22.9 Å². The Hall–Kier alpha value is -2.58. The van der Waals surface area contributed by atoms with Gasteiger partial charge in [0.2, 0.25) is 0 Å². The summed E-state index contributed by atoms with van der Waals surface area (Å²) in [6.45, 7) is 1.58. The number of halogens is 1. The largest absolute Gasteiger partial charge is 0.483 e. The van der Waals surface area contributed by atoms with Crippen molar-refractivity contribution in [3.05, 3.63) is 44.8 Å². The summed E-state index contributed by atoms with van der Waals surface area (Å²) < 4.78 is 15.3. The molecule has 1 N–H and O–H groups in total. The van der Waals surface area contributed by atoms with Crippen LogP contribution in [0.15, 0.2) is 18.2 Å². The van der Waals surface area contributed by atoms with Crippen LogP contribution in [0.25, 0.3) is 0 Å². The molecule has 1 aliphatic rings. The number of carbonyl (C=O) groups excluding carboxylic acids is 3. The lowest BCUT2D eigenvalue weighted by atomic mass is 9.99. The number of nitrogens with one attached hydrogen (secondary N) is 1. The monoisotopic (exact) mass is 437 g/mol. The number of thiophene rings is 1. The molecule has 1 amide bonds. The van der Waals surface area contributed by atoms with Crippen molar-refractivity contribution < 1.29 is 28.6 Å². The molecule has 1 heterocycles. The SMILES string of the molecule is COC(=O)c1c(NC(=O)COc2ccc(Cl)cc2C)sc2c1[C@@H](C(=O)OC)CC2. The molecule has 1 atom stereocenters. The van der Waals surface area contributed by atoms with Gasteiger partial charge in [0.1, 0.15) is 10.8 Å². The Labute approximate surface area is 176 Å². The van der Waals surface area contributed by atoms with Gasteiger partial charge in [-0.15, -0.1) is 11.3 Å². The molecular weight excluding hydrogens is 418 g/mol. The molecule has 2 aromatic rings. The van der Waals surface area contributed by atoms with Crippen molar-refractivity contribution in [2.75, 3.05) is 26.1 Å². The van der Waals surface area contributed by atoms with E-state index in [9.17, 15) is 14.4 Å². The summed E-state index contributed by atoms with van der Waals surface area (Å²) in [5.41, 5.74) is 1.59. The first-order valence-electron chi connectivity index (χ1n) is 8.86. The zero-order valence-electron chi connectivity index (χ0n) is 16.2. The van der Waals surface area contributed by atoms with Crippen LogP contribution in [0, 0.1) is 6.92 Å². The molecule has 0 saturated heterocycles. The molecule has 29 heavy (non-hydrogen) atoms. The third-order valence-corrected chi connectivity index (χ3v) is 6.07. The minimum absolute atomic E-state index is 0.205. The van der Waals surface area contributed by atoms with Gasteiger partial charge in [0.25, 0.3) is 5.91 Å². The second-order valence-corrected chi connectivity index (χ2v) is 8.04. The maximum Gasteiger partial charge on any atom is 0.341 e. The van der Waals surface area contributed by atoms with Crippen LogP contribution < -0.4 is 10.1 Å². The van der Waals surface area contributed by atoms with Gasteiger partial charge in [-0.05, 0) is 49.1 Å². The number of aryl methyl sites for hydroxylation is 2. The first-order chi connectivity index (χ1) is 13.8. The summed E-state index contributed by atoms with van der Waals surface area (Å²) in [6.07, 6.45) is 1.19. The predicted octanol–water partition coefficient (Wildman–Crippen LogP) is 3.72. The highest BCUT2D eigenvalue weighted by Crippen LogP contribution is 2.45. The van der Waals surface area contributed by atoms with Crippen LogP contribution in [0.1, 0.15) is 38.7 Å². The van der Waals surface area contributed by atoms with E-state index >= 15 is 0 Å². The molecule has 0 fully saturated rings. The Bertz CT molecular complexity index is 970. The topological polar surface area (TPSA) is 90.9 Å². The first kappa shape index (κ1) is 21.1. The van der Waals surface area contributed by atoms with Crippen molar-refractivity contribution in [3.8, 4) is 5.75 Å². The summed E-state index contributed by atoms with van der Waals surface area (Å²) in [5.74, 6) is -1.45. The van der Waals surface area contributed by atoms with Gasteiger partial charge in [0.05, 0.1) is 25.7 Å². The summed E-state index contributed by atoms with van der Waals surface area (Å²) in [7, 11) is 2.57. The fourth-order valence-corrected chi connectivity index (χ4v) is 4.82. The Balaban J connectivity index is 1.79. The van der Waals surface area contributed by atoms with Gasteiger partial charge in [-0.1, -0.05) is 11.6 Å². The molecule has 0 aliphatic heterocycles. The number of hydrogen-bond donors (Lipinski definition) is 1. The lowest BCUT2D eigenvalue weighted by molar-refractivity contribution is -0.142. The number of methoxy groups -OCH3 is 2. The summed E-state index contributed by atoms with van der Waals surface area (Å²) >= 11 is 7.18. The van der Waals surface area contributed by atoms with Gasteiger partial charge < -0.3 is 19.5 Å². The fraction of sp³-hybridized carbons (Fsp3) is 0.350.